The van der Waals surface area contributed by atoms with E-state index in [0.717, 1.165) is 44.9 Å². The van der Waals surface area contributed by atoms with Crippen LogP contribution in [0.2, 0.25) is 0 Å². The van der Waals surface area contributed by atoms with Gasteiger partial charge in [-0.2, -0.15) is 13.2 Å². The molecule has 4 saturated carbocycles. The minimum Gasteiger partial charge on any atom is -0.348 e. The van der Waals surface area contributed by atoms with Crippen molar-refractivity contribution in [2.75, 3.05) is 12.3 Å². The van der Waals surface area contributed by atoms with Gasteiger partial charge in [-0.3, -0.25) is 13.8 Å². The van der Waals surface area contributed by atoms with Gasteiger partial charge in [0.2, 0.25) is 0 Å². The second-order valence-corrected chi connectivity index (χ2v) is 13.1. The molecule has 4 aliphatic carbocycles. The molecule has 8 heteroatoms. The van der Waals surface area contributed by atoms with Crippen LogP contribution in [0.1, 0.15) is 71.6 Å². The second kappa shape index (κ2) is 8.80. The molecule has 0 aromatic rings. The molecule has 4 nitrogen and oxygen atoms in total. The van der Waals surface area contributed by atoms with E-state index in [-0.39, 0.29) is 29.0 Å². The molecule has 0 spiro atoms. The van der Waals surface area contributed by atoms with Crippen molar-refractivity contribution < 1.29 is 27.0 Å². The Bertz CT molecular complexity index is 858. The van der Waals surface area contributed by atoms with E-state index in [4.69, 9.17) is 0 Å². The number of allylic oxidation sites excluding steroid dienone is 1. The van der Waals surface area contributed by atoms with Crippen LogP contribution in [0.5, 0.6) is 0 Å². The molecule has 0 radical (unpaired) electrons. The zero-order valence-electron chi connectivity index (χ0n) is 19.6. The fourth-order valence-corrected chi connectivity index (χ4v) is 9.45. The minimum atomic E-state index is -4.88. The highest BCUT2D eigenvalue weighted by molar-refractivity contribution is 7.85. The van der Waals surface area contributed by atoms with E-state index in [2.05, 4.69) is 20.4 Å². The van der Waals surface area contributed by atoms with Crippen molar-refractivity contribution in [3.05, 3.63) is 12.2 Å². The van der Waals surface area contributed by atoms with Crippen molar-refractivity contribution in [3.8, 4) is 0 Å². The van der Waals surface area contributed by atoms with Crippen molar-refractivity contribution in [1.82, 2.24) is 5.32 Å². The first-order chi connectivity index (χ1) is 15.4. The highest BCUT2D eigenvalue weighted by Gasteiger charge is 2.61. The van der Waals surface area contributed by atoms with E-state index in [1.54, 1.807) is 0 Å². The maximum atomic E-state index is 12.9. The quantitative estimate of drug-likeness (QED) is 0.441. The van der Waals surface area contributed by atoms with E-state index in [1.807, 2.05) is 5.32 Å². The van der Waals surface area contributed by atoms with E-state index >= 15 is 0 Å². The van der Waals surface area contributed by atoms with Gasteiger partial charge in [-0.15, -0.1) is 0 Å². The number of carbonyl (C=O) groups excluding carboxylic acids is 2. The number of carbonyl (C=O) groups is 2. The number of hydrogen-bond acceptors (Lipinski definition) is 3. The molecule has 1 N–H and O–H groups in total. The van der Waals surface area contributed by atoms with E-state index < -0.39 is 22.9 Å². The summed E-state index contributed by atoms with van der Waals surface area (Å²) in [6, 6.07) is 0. The van der Waals surface area contributed by atoms with Crippen LogP contribution in [-0.4, -0.2) is 39.6 Å². The normalized spacial score (nSPS) is 41.7. The van der Waals surface area contributed by atoms with Crippen molar-refractivity contribution in [2.45, 2.75) is 83.1 Å². The Labute approximate surface area is 197 Å². The lowest BCUT2D eigenvalue weighted by molar-refractivity contribution is -0.173. The fourth-order valence-electron chi connectivity index (χ4n) is 7.90. The summed E-state index contributed by atoms with van der Waals surface area (Å²) in [5, 5.41) is 1.88. The van der Waals surface area contributed by atoms with Crippen LogP contribution in [0, 0.1) is 34.5 Å². The Morgan fingerprint density at radius 2 is 1.91 bits per heavy atom. The van der Waals surface area contributed by atoms with Crippen LogP contribution in [0.15, 0.2) is 12.2 Å². The molecule has 0 aliphatic heterocycles. The van der Waals surface area contributed by atoms with E-state index in [1.165, 1.54) is 5.57 Å². The summed E-state index contributed by atoms with van der Waals surface area (Å²) in [6.45, 7) is 8.90. The monoisotopic (exact) mass is 487 g/mol. The first-order valence-corrected chi connectivity index (χ1v) is 13.7. The molecule has 0 aromatic heterocycles. The molecular formula is C25H36F3NO3S. The van der Waals surface area contributed by atoms with Gasteiger partial charge in [-0.05, 0) is 80.5 Å². The van der Waals surface area contributed by atoms with Gasteiger partial charge in [0.25, 0.3) is 0 Å². The number of rotatable bonds is 5. The largest absolute Gasteiger partial charge is 0.471 e. The maximum Gasteiger partial charge on any atom is 0.471 e. The summed E-state index contributed by atoms with van der Waals surface area (Å²) >= 11 is 0. The summed E-state index contributed by atoms with van der Waals surface area (Å²) in [5.41, 5.74) is 1.20. The number of ketones is 1. The molecule has 4 rings (SSSR count). The molecule has 186 valence electrons. The van der Waals surface area contributed by atoms with Gasteiger partial charge in [0, 0.05) is 40.2 Å². The third-order valence-electron chi connectivity index (χ3n) is 9.72. The maximum absolute atomic E-state index is 12.9. The number of hydrogen-bond donors (Lipinski definition) is 1. The van der Waals surface area contributed by atoms with Crippen LogP contribution in [0.3, 0.4) is 0 Å². The summed E-state index contributed by atoms with van der Waals surface area (Å²) in [7, 11) is -1.13. The number of halogens is 3. The van der Waals surface area contributed by atoms with Crippen LogP contribution >= 0.6 is 0 Å². The average Bonchev–Trinajstić information content (AvgIpc) is 3.05. The Hall–Kier alpha value is -1.18. The lowest BCUT2D eigenvalue weighted by Gasteiger charge is -2.60. The Kier molecular flexibility index (Phi) is 6.64. The average molecular weight is 488 g/mol. The van der Waals surface area contributed by atoms with Gasteiger partial charge < -0.3 is 5.32 Å². The van der Waals surface area contributed by atoms with E-state index in [9.17, 15) is 27.0 Å². The van der Waals surface area contributed by atoms with Crippen LogP contribution in [-0.2, 0) is 20.4 Å². The zero-order chi connectivity index (χ0) is 24.2. The molecule has 0 saturated heterocycles. The van der Waals surface area contributed by atoms with Crippen LogP contribution in [0.25, 0.3) is 0 Å². The molecule has 33 heavy (non-hydrogen) atoms. The van der Waals surface area contributed by atoms with Crippen LogP contribution < -0.4 is 5.32 Å². The molecular weight excluding hydrogens is 451 g/mol. The highest BCUT2D eigenvalue weighted by Crippen LogP contribution is 2.66. The molecule has 4 aliphatic rings. The third kappa shape index (κ3) is 4.34. The van der Waals surface area contributed by atoms with Crippen molar-refractivity contribution in [1.29, 1.82) is 0 Å². The second-order valence-electron chi connectivity index (χ2n) is 11.3. The summed E-state index contributed by atoms with van der Waals surface area (Å²) in [4.78, 5) is 23.5. The number of fused-ring (bicyclic) bond motifs is 5. The Balaban J connectivity index is 1.36. The molecule has 8 atom stereocenters. The predicted octanol–water partition coefficient (Wildman–Crippen LogP) is 4.95. The Morgan fingerprint density at radius 1 is 1.18 bits per heavy atom. The molecule has 0 aromatic carbocycles. The predicted molar refractivity (Wildman–Crippen MR) is 122 cm³/mol. The van der Waals surface area contributed by atoms with E-state index in [0.29, 0.717) is 41.6 Å². The number of amides is 1. The summed E-state index contributed by atoms with van der Waals surface area (Å²) < 4.78 is 49.8. The van der Waals surface area contributed by atoms with Crippen LogP contribution in [0.4, 0.5) is 13.2 Å². The van der Waals surface area contributed by atoms with Gasteiger partial charge in [0.1, 0.15) is 5.78 Å². The van der Waals surface area contributed by atoms with Gasteiger partial charge in [-0.25, -0.2) is 0 Å². The standard InChI is InChI=1S/C25H36F3NO3S/c1-15-13-17-18-5-6-21(30)24(18,3)10-8-19(17)23(2)9-7-16(14-20(15)23)33(32)12-4-11-29-22(31)25(26,27)28/h16-20H,1,4-14H2,2-3H3,(H,29,31)/t16-,17-,18-,19-,20+,23+,24-,33?/m0/s1. The summed E-state index contributed by atoms with van der Waals surface area (Å²) in [6.07, 6.45) is 2.78. The molecule has 1 amide bonds. The van der Waals surface area contributed by atoms with Gasteiger partial charge in [0.05, 0.1) is 0 Å². The SMILES string of the molecule is C=C1C[C@@H]2[C@H](CC[C@]3(C)C(=O)CC[C@@H]23)[C@@]2(C)CC[C@H](S(=O)CCCNC(=O)C(F)(F)F)C[C@H]12. The van der Waals surface area contributed by atoms with Crippen molar-refractivity contribution in [3.63, 3.8) is 0 Å². The lowest BCUT2D eigenvalue weighted by Crippen LogP contribution is -2.55. The van der Waals surface area contributed by atoms with Crippen molar-refractivity contribution in [2.24, 2.45) is 34.5 Å². The number of nitrogens with one attached hydrogen (secondary N) is 1. The first kappa shape index (κ1) is 24.9. The summed E-state index contributed by atoms with van der Waals surface area (Å²) in [5.74, 6) is 0.654. The van der Waals surface area contributed by atoms with Gasteiger partial charge in [-0.1, -0.05) is 26.0 Å². The molecule has 4 fully saturated rings. The fraction of sp³-hybridized carbons (Fsp3) is 0.840. The number of Topliss-reactive ketones (excluding diaryl/α,β-unsaturated/α-hetero) is 1. The smallest absolute Gasteiger partial charge is 0.348 e. The van der Waals surface area contributed by atoms with Gasteiger partial charge >= 0.3 is 12.1 Å². The lowest BCUT2D eigenvalue weighted by atomic mass is 9.44. The molecule has 0 bridgehead atoms. The molecule has 1 unspecified atom stereocenters. The first-order valence-electron chi connectivity index (χ1n) is 12.3. The number of alkyl halides is 3. The minimum absolute atomic E-state index is 0.0246. The highest BCUT2D eigenvalue weighted by atomic mass is 32.2. The molecule has 0 heterocycles. The van der Waals surface area contributed by atoms with Crippen molar-refractivity contribution >= 4 is 22.5 Å². The topological polar surface area (TPSA) is 63.2 Å². The zero-order valence-corrected chi connectivity index (χ0v) is 20.5. The Morgan fingerprint density at radius 3 is 2.61 bits per heavy atom. The van der Waals surface area contributed by atoms with Gasteiger partial charge in [0.15, 0.2) is 0 Å². The third-order valence-corrected chi connectivity index (χ3v) is 11.6.